The van der Waals surface area contributed by atoms with Gasteiger partial charge >= 0.3 is 0 Å². The van der Waals surface area contributed by atoms with E-state index in [9.17, 15) is 14.7 Å². The summed E-state index contributed by atoms with van der Waals surface area (Å²) in [5.41, 5.74) is -0.792. The quantitative estimate of drug-likeness (QED) is 0.470. The van der Waals surface area contributed by atoms with Gasteiger partial charge in [0.1, 0.15) is 11.5 Å². The zero-order valence-corrected chi connectivity index (χ0v) is 7.99. The fraction of sp³-hybridized carbons (Fsp3) is 0.667. The largest absolute Gasteiger partial charge is 0.390 e. The molecule has 2 rings (SSSR count). The Morgan fingerprint density at radius 3 is 2.73 bits per heavy atom. The number of carbonyl (C=O) groups is 2. The van der Waals surface area contributed by atoms with Crippen LogP contribution in [0.25, 0.3) is 0 Å². The van der Waals surface area contributed by atoms with Gasteiger partial charge < -0.3 is 15.7 Å². The van der Waals surface area contributed by atoms with Crippen LogP contribution in [-0.2, 0) is 9.59 Å². The van der Waals surface area contributed by atoms with E-state index >= 15 is 0 Å². The molecule has 2 aliphatic rings. The van der Waals surface area contributed by atoms with Crippen LogP contribution in [0.5, 0.6) is 0 Å². The van der Waals surface area contributed by atoms with E-state index in [4.69, 9.17) is 5.26 Å². The van der Waals surface area contributed by atoms with Crippen LogP contribution in [0.1, 0.15) is 12.8 Å². The molecular formula is C9H11N3O3. The third-order valence-electron chi connectivity index (χ3n) is 2.76. The number of nitriles is 1. The van der Waals surface area contributed by atoms with Crippen molar-refractivity contribution in [2.45, 2.75) is 24.5 Å². The minimum absolute atomic E-state index is 0.0937. The lowest BCUT2D eigenvalue weighted by Crippen LogP contribution is -2.44. The van der Waals surface area contributed by atoms with Crippen molar-refractivity contribution in [1.29, 1.82) is 5.26 Å². The van der Waals surface area contributed by atoms with E-state index in [1.54, 1.807) is 0 Å². The number of β-amino-alcohol motifs (C(OH)–C–C–N with tert-alkyl or cyclic N) is 1. The van der Waals surface area contributed by atoms with Crippen molar-refractivity contribution < 1.29 is 14.7 Å². The van der Waals surface area contributed by atoms with Crippen molar-refractivity contribution in [2.24, 2.45) is 5.92 Å². The summed E-state index contributed by atoms with van der Waals surface area (Å²) in [7, 11) is 0. The van der Waals surface area contributed by atoms with E-state index in [2.05, 4.69) is 10.6 Å². The van der Waals surface area contributed by atoms with Gasteiger partial charge in [0.15, 0.2) is 0 Å². The molecule has 2 amide bonds. The maximum Gasteiger partial charge on any atom is 0.236 e. The van der Waals surface area contributed by atoms with Crippen LogP contribution in [0.15, 0.2) is 0 Å². The fourth-order valence-electron chi connectivity index (χ4n) is 1.60. The summed E-state index contributed by atoms with van der Waals surface area (Å²) in [6.45, 7) is 0.0937. The van der Waals surface area contributed by atoms with E-state index in [1.807, 2.05) is 6.07 Å². The summed E-state index contributed by atoms with van der Waals surface area (Å²) in [4.78, 5) is 22.8. The van der Waals surface area contributed by atoms with Gasteiger partial charge in [-0.15, -0.1) is 0 Å². The average molecular weight is 209 g/mol. The monoisotopic (exact) mass is 209 g/mol. The number of amides is 2. The van der Waals surface area contributed by atoms with Crippen LogP contribution in [0.2, 0.25) is 0 Å². The van der Waals surface area contributed by atoms with E-state index in [1.165, 1.54) is 0 Å². The van der Waals surface area contributed by atoms with Gasteiger partial charge in [0.2, 0.25) is 11.8 Å². The maximum absolute atomic E-state index is 11.6. The Morgan fingerprint density at radius 1 is 1.67 bits per heavy atom. The molecule has 0 aromatic carbocycles. The van der Waals surface area contributed by atoms with Crippen molar-refractivity contribution in [3.8, 4) is 6.07 Å². The van der Waals surface area contributed by atoms with Crippen molar-refractivity contribution in [2.75, 3.05) is 6.54 Å². The number of aliphatic hydroxyl groups is 1. The first-order valence-electron chi connectivity index (χ1n) is 4.77. The molecule has 15 heavy (non-hydrogen) atoms. The molecule has 1 saturated heterocycles. The Labute approximate surface area is 86.3 Å². The smallest absolute Gasteiger partial charge is 0.236 e. The molecule has 0 bridgehead atoms. The van der Waals surface area contributed by atoms with Crippen LogP contribution in [0.4, 0.5) is 0 Å². The van der Waals surface area contributed by atoms with Crippen LogP contribution >= 0.6 is 0 Å². The molecule has 6 heteroatoms. The van der Waals surface area contributed by atoms with Gasteiger partial charge in [-0.3, -0.25) is 9.59 Å². The van der Waals surface area contributed by atoms with Gasteiger partial charge in [-0.1, -0.05) is 0 Å². The molecular weight excluding hydrogens is 198 g/mol. The van der Waals surface area contributed by atoms with Gasteiger partial charge in [0, 0.05) is 6.54 Å². The van der Waals surface area contributed by atoms with Gasteiger partial charge in [-0.05, 0) is 12.8 Å². The molecule has 0 spiro atoms. The van der Waals surface area contributed by atoms with Crippen molar-refractivity contribution in [3.63, 3.8) is 0 Å². The van der Waals surface area contributed by atoms with Crippen molar-refractivity contribution in [3.05, 3.63) is 0 Å². The Kier molecular flexibility index (Phi) is 2.12. The lowest BCUT2D eigenvalue weighted by Gasteiger charge is -2.14. The Morgan fingerprint density at radius 2 is 2.33 bits per heavy atom. The third-order valence-corrected chi connectivity index (χ3v) is 2.76. The summed E-state index contributed by atoms with van der Waals surface area (Å²) in [6, 6.07) is 1.99. The highest BCUT2D eigenvalue weighted by atomic mass is 16.3. The summed E-state index contributed by atoms with van der Waals surface area (Å²) >= 11 is 0. The number of aliphatic hydroxyl groups excluding tert-OH is 1. The zero-order valence-electron chi connectivity index (χ0n) is 7.99. The molecule has 2 atom stereocenters. The highest BCUT2D eigenvalue weighted by molar-refractivity contribution is 6.03. The number of hydrogen-bond donors (Lipinski definition) is 3. The number of nitrogens with one attached hydrogen (secondary N) is 2. The molecule has 1 aliphatic carbocycles. The van der Waals surface area contributed by atoms with Gasteiger partial charge in [-0.25, -0.2) is 0 Å². The number of rotatable bonds is 2. The Hall–Kier alpha value is -1.61. The second kappa shape index (κ2) is 3.21. The number of hydrogen-bond acceptors (Lipinski definition) is 4. The minimum atomic E-state index is -1.07. The normalized spacial score (nSPS) is 31.6. The van der Waals surface area contributed by atoms with Crippen LogP contribution in [-0.4, -0.2) is 35.1 Å². The molecule has 2 fully saturated rings. The highest BCUT2D eigenvalue weighted by Gasteiger charge is 2.48. The first-order valence-corrected chi connectivity index (χ1v) is 4.77. The predicted molar refractivity (Wildman–Crippen MR) is 48.2 cm³/mol. The average Bonchev–Trinajstić information content (AvgIpc) is 2.88. The predicted octanol–water partition coefficient (Wildman–Crippen LogP) is -1.73. The third kappa shape index (κ3) is 1.66. The van der Waals surface area contributed by atoms with E-state index in [0.717, 1.165) is 0 Å². The second-order valence-electron chi connectivity index (χ2n) is 3.97. The molecule has 1 aliphatic heterocycles. The molecule has 6 nitrogen and oxygen atoms in total. The molecule has 0 radical (unpaired) electrons. The topological polar surface area (TPSA) is 102 Å². The second-order valence-corrected chi connectivity index (χ2v) is 3.97. The molecule has 80 valence electrons. The van der Waals surface area contributed by atoms with Crippen LogP contribution in [0, 0.1) is 17.2 Å². The summed E-state index contributed by atoms with van der Waals surface area (Å²) in [6.07, 6.45) is 0.228. The number of carbonyl (C=O) groups excluding carboxylic acids is 2. The first-order chi connectivity index (χ1) is 7.08. The molecule has 0 aromatic rings. The van der Waals surface area contributed by atoms with Crippen molar-refractivity contribution in [1.82, 2.24) is 10.6 Å². The van der Waals surface area contributed by atoms with E-state index in [-0.39, 0.29) is 6.54 Å². The number of nitrogens with zero attached hydrogens (tertiary/aromatic N) is 1. The Bertz CT molecular complexity index is 356. The minimum Gasteiger partial charge on any atom is -0.390 e. The SMILES string of the molecule is N#CC1(NC(=O)C2C(=O)NCC2O)CC1. The summed E-state index contributed by atoms with van der Waals surface area (Å²) in [5, 5.41) is 23.0. The molecule has 0 aromatic heterocycles. The standard InChI is InChI=1S/C9H11N3O3/c10-4-9(1-2-9)12-8(15)6-5(13)3-11-7(6)14/h5-6,13H,1-3H2,(H,11,14)(H,12,15). The van der Waals surface area contributed by atoms with Crippen molar-refractivity contribution >= 4 is 11.8 Å². The van der Waals surface area contributed by atoms with E-state index in [0.29, 0.717) is 12.8 Å². The van der Waals surface area contributed by atoms with Crippen LogP contribution < -0.4 is 10.6 Å². The van der Waals surface area contributed by atoms with Crippen LogP contribution in [0.3, 0.4) is 0 Å². The lowest BCUT2D eigenvalue weighted by molar-refractivity contribution is -0.135. The molecule has 1 saturated carbocycles. The fourth-order valence-corrected chi connectivity index (χ4v) is 1.60. The van der Waals surface area contributed by atoms with Gasteiger partial charge in [0.25, 0.3) is 0 Å². The van der Waals surface area contributed by atoms with Gasteiger partial charge in [0.05, 0.1) is 12.2 Å². The highest BCUT2D eigenvalue weighted by Crippen LogP contribution is 2.34. The summed E-state index contributed by atoms with van der Waals surface area (Å²) < 4.78 is 0. The summed E-state index contributed by atoms with van der Waals surface area (Å²) in [5.74, 6) is -2.11. The van der Waals surface area contributed by atoms with Gasteiger partial charge in [-0.2, -0.15) is 5.26 Å². The first kappa shape index (κ1) is 9.93. The van der Waals surface area contributed by atoms with E-state index < -0.39 is 29.4 Å². The lowest BCUT2D eigenvalue weighted by atomic mass is 10.0. The molecule has 2 unspecified atom stereocenters. The molecule has 3 N–H and O–H groups in total. The maximum atomic E-state index is 11.6. The molecule has 1 heterocycles. The zero-order chi connectivity index (χ0) is 11.1. The Balaban J connectivity index is 2.02.